The number of imidazole rings is 1. The molecular formula is C32H48N6O2S. The van der Waals surface area contributed by atoms with Crippen molar-refractivity contribution in [2.75, 3.05) is 37.0 Å². The van der Waals surface area contributed by atoms with E-state index in [2.05, 4.69) is 56.6 Å². The molecule has 3 heterocycles. The average Bonchev–Trinajstić information content (AvgIpc) is 3.30. The maximum absolute atomic E-state index is 13.9. The lowest BCUT2D eigenvalue weighted by Gasteiger charge is -2.40. The lowest BCUT2D eigenvalue weighted by atomic mass is 10.0. The first-order valence-corrected chi connectivity index (χ1v) is 15.6. The summed E-state index contributed by atoms with van der Waals surface area (Å²) in [5, 5.41) is 6.42. The first-order valence-electron chi connectivity index (χ1n) is 14.7. The number of likely N-dealkylation sites (tertiary alicyclic amines) is 1. The van der Waals surface area contributed by atoms with E-state index in [1.807, 2.05) is 75.5 Å². The summed E-state index contributed by atoms with van der Waals surface area (Å²) in [5.74, 6) is 0.227. The van der Waals surface area contributed by atoms with Gasteiger partial charge in [-0.2, -0.15) is 5.10 Å². The molecular weight excluding hydrogens is 532 g/mol. The number of piperidine rings is 1. The molecule has 3 aromatic rings. The molecule has 0 aliphatic carbocycles. The second-order valence-electron chi connectivity index (χ2n) is 13.5. The van der Waals surface area contributed by atoms with Gasteiger partial charge in [-0.1, -0.05) is 32.0 Å². The van der Waals surface area contributed by atoms with Gasteiger partial charge in [-0.25, -0.2) is 14.3 Å². The number of para-hydroxylation sites is 1. The maximum atomic E-state index is 13.9. The van der Waals surface area contributed by atoms with Crippen molar-refractivity contribution in [3.8, 4) is 0 Å². The van der Waals surface area contributed by atoms with E-state index in [0.717, 1.165) is 47.9 Å². The Kier molecular flexibility index (Phi) is 9.29. The van der Waals surface area contributed by atoms with Crippen LogP contribution < -0.4 is 9.80 Å². The first kappa shape index (κ1) is 31.2. The van der Waals surface area contributed by atoms with E-state index >= 15 is 0 Å². The highest BCUT2D eigenvalue weighted by atomic mass is 32.2. The van der Waals surface area contributed by atoms with Crippen molar-refractivity contribution in [2.24, 2.45) is 0 Å². The first-order chi connectivity index (χ1) is 19.1. The number of carbonyl (C=O) groups is 1. The molecule has 1 fully saturated rings. The van der Waals surface area contributed by atoms with Gasteiger partial charge in [0.1, 0.15) is 10.6 Å². The van der Waals surface area contributed by atoms with E-state index in [4.69, 9.17) is 14.8 Å². The number of benzene rings is 1. The second kappa shape index (κ2) is 12.2. The highest BCUT2D eigenvalue weighted by molar-refractivity contribution is 7.99. The smallest absolute Gasteiger partial charge is 0.415 e. The average molecular weight is 581 g/mol. The topological polar surface area (TPSA) is 66.2 Å². The number of ether oxygens (including phenoxy) is 1. The van der Waals surface area contributed by atoms with Gasteiger partial charge < -0.3 is 9.64 Å². The van der Waals surface area contributed by atoms with Crippen LogP contribution in [0.25, 0.3) is 5.65 Å². The Morgan fingerprint density at radius 2 is 1.73 bits per heavy atom. The highest BCUT2D eigenvalue weighted by Crippen LogP contribution is 2.36. The van der Waals surface area contributed by atoms with Crippen LogP contribution in [0.15, 0.2) is 41.6 Å². The Bertz CT molecular complexity index is 1350. The van der Waals surface area contributed by atoms with Crippen LogP contribution >= 0.6 is 11.8 Å². The molecule has 0 atom stereocenters. The van der Waals surface area contributed by atoms with Gasteiger partial charge in [-0.15, -0.1) is 11.8 Å². The molecule has 224 valence electrons. The van der Waals surface area contributed by atoms with Crippen molar-refractivity contribution in [1.82, 2.24) is 19.5 Å². The maximum Gasteiger partial charge on any atom is 0.415 e. The number of fused-ring (bicyclic) bond motifs is 1. The molecule has 0 spiro atoms. The second-order valence-corrected chi connectivity index (χ2v) is 14.8. The number of hydrogen-bond acceptors (Lipinski definition) is 7. The van der Waals surface area contributed by atoms with E-state index in [-0.39, 0.29) is 11.5 Å². The van der Waals surface area contributed by atoms with Crippen molar-refractivity contribution in [3.63, 3.8) is 0 Å². The van der Waals surface area contributed by atoms with Crippen LogP contribution in [0.1, 0.15) is 85.4 Å². The third-order valence-electron chi connectivity index (χ3n) is 7.43. The van der Waals surface area contributed by atoms with Crippen LogP contribution in [-0.2, 0) is 11.3 Å². The van der Waals surface area contributed by atoms with Crippen molar-refractivity contribution in [2.45, 2.75) is 102 Å². The zero-order valence-electron chi connectivity index (χ0n) is 26.6. The number of aromatic nitrogens is 3. The number of amides is 1. The predicted octanol–water partition coefficient (Wildman–Crippen LogP) is 7.22. The van der Waals surface area contributed by atoms with E-state index in [1.54, 1.807) is 4.90 Å². The summed E-state index contributed by atoms with van der Waals surface area (Å²) in [7, 11) is 4.04. The number of carbonyl (C=O) groups excluding carboxylic acids is 1. The van der Waals surface area contributed by atoms with Crippen LogP contribution in [0.4, 0.5) is 16.2 Å². The quantitative estimate of drug-likeness (QED) is 0.292. The molecule has 1 aliphatic rings. The Hall–Kier alpha value is -2.78. The van der Waals surface area contributed by atoms with Crippen molar-refractivity contribution in [3.05, 3.63) is 47.8 Å². The zero-order valence-corrected chi connectivity index (χ0v) is 27.4. The van der Waals surface area contributed by atoms with Gasteiger partial charge in [-0.3, -0.25) is 9.80 Å². The minimum Gasteiger partial charge on any atom is -0.443 e. The summed E-state index contributed by atoms with van der Waals surface area (Å²) in [6.07, 6.45) is 3.68. The molecule has 0 saturated carbocycles. The van der Waals surface area contributed by atoms with Gasteiger partial charge >= 0.3 is 6.09 Å². The van der Waals surface area contributed by atoms with Crippen LogP contribution in [-0.4, -0.2) is 69.2 Å². The fourth-order valence-corrected chi connectivity index (χ4v) is 6.33. The van der Waals surface area contributed by atoms with Crippen LogP contribution in [0.3, 0.4) is 0 Å². The number of rotatable bonds is 7. The van der Waals surface area contributed by atoms with E-state index in [1.165, 1.54) is 0 Å². The number of anilines is 2. The molecule has 8 nitrogen and oxygen atoms in total. The van der Waals surface area contributed by atoms with Gasteiger partial charge in [0.15, 0.2) is 5.65 Å². The highest BCUT2D eigenvalue weighted by Gasteiger charge is 2.31. The molecule has 4 rings (SSSR count). The summed E-state index contributed by atoms with van der Waals surface area (Å²) in [5.41, 5.74) is 4.01. The summed E-state index contributed by atoms with van der Waals surface area (Å²) >= 11 is 1.81. The van der Waals surface area contributed by atoms with Gasteiger partial charge in [-0.05, 0) is 91.1 Å². The minimum absolute atomic E-state index is 0.180. The SMILES string of the molecule is CC(C)c1cnc2c(N(Cc3ccccc3N(C)C)C(=O)OC(C)(C)C)cc(SC3CCN(C(C)(C)C)CC3)nn12. The number of thioether (sulfide) groups is 1. The molecule has 41 heavy (non-hydrogen) atoms. The molecule has 0 radical (unpaired) electrons. The van der Waals surface area contributed by atoms with Gasteiger partial charge in [0.05, 0.1) is 24.1 Å². The zero-order chi connectivity index (χ0) is 30.1. The summed E-state index contributed by atoms with van der Waals surface area (Å²) < 4.78 is 7.90. The molecule has 1 aliphatic heterocycles. The lowest BCUT2D eigenvalue weighted by molar-refractivity contribution is 0.0577. The Morgan fingerprint density at radius 3 is 2.32 bits per heavy atom. The van der Waals surface area contributed by atoms with Gasteiger partial charge in [0.2, 0.25) is 0 Å². The number of nitrogens with zero attached hydrogens (tertiary/aromatic N) is 6. The molecule has 0 bridgehead atoms. The predicted molar refractivity (Wildman–Crippen MR) is 170 cm³/mol. The third-order valence-corrected chi connectivity index (χ3v) is 8.67. The molecule has 0 unspecified atom stereocenters. The standard InChI is InChI=1S/C32H48N6O2S/c1-22(2)27-20-33-29-26(19-28(34-38(27)29)41-24-15-17-36(18-16-24)31(3,4)5)37(30(39)40-32(6,7)8)21-23-13-11-12-14-25(23)35(9)10/h11-14,19-20,22,24H,15-18,21H2,1-10H3. The molecule has 2 aromatic heterocycles. The van der Waals surface area contributed by atoms with Gasteiger partial charge in [0.25, 0.3) is 0 Å². The molecule has 1 saturated heterocycles. The van der Waals surface area contributed by atoms with E-state index in [9.17, 15) is 4.79 Å². The largest absolute Gasteiger partial charge is 0.443 e. The van der Waals surface area contributed by atoms with E-state index in [0.29, 0.717) is 23.1 Å². The van der Waals surface area contributed by atoms with Crippen LogP contribution in [0.2, 0.25) is 0 Å². The van der Waals surface area contributed by atoms with Crippen molar-refractivity contribution < 1.29 is 9.53 Å². The molecule has 1 aromatic carbocycles. The van der Waals surface area contributed by atoms with E-state index < -0.39 is 11.7 Å². The normalized spacial score (nSPS) is 15.5. The third kappa shape index (κ3) is 7.55. The number of hydrogen-bond donors (Lipinski definition) is 0. The summed E-state index contributed by atoms with van der Waals surface area (Å²) in [6.45, 7) is 19.3. The Balaban J connectivity index is 1.78. The molecule has 9 heteroatoms. The summed E-state index contributed by atoms with van der Waals surface area (Å²) in [4.78, 5) is 25.0. The van der Waals surface area contributed by atoms with Crippen molar-refractivity contribution in [1.29, 1.82) is 0 Å². The lowest BCUT2D eigenvalue weighted by Crippen LogP contribution is -2.46. The summed E-state index contributed by atoms with van der Waals surface area (Å²) in [6, 6.07) is 10.2. The minimum atomic E-state index is -0.642. The fraction of sp³-hybridized carbons (Fsp3) is 0.594. The fourth-order valence-electron chi connectivity index (χ4n) is 5.23. The Morgan fingerprint density at radius 1 is 1.07 bits per heavy atom. The van der Waals surface area contributed by atoms with Crippen molar-refractivity contribution >= 4 is 34.9 Å². The van der Waals surface area contributed by atoms with Gasteiger partial charge in [0, 0.05) is 30.6 Å². The monoisotopic (exact) mass is 580 g/mol. The Labute approximate surface area is 250 Å². The van der Waals surface area contributed by atoms with Crippen LogP contribution in [0.5, 0.6) is 0 Å². The molecule has 0 N–H and O–H groups in total. The molecule has 1 amide bonds. The van der Waals surface area contributed by atoms with Crippen LogP contribution in [0, 0.1) is 0 Å².